The summed E-state index contributed by atoms with van der Waals surface area (Å²) < 4.78 is 11.6. The normalized spacial score (nSPS) is 23.7. The summed E-state index contributed by atoms with van der Waals surface area (Å²) in [6, 6.07) is 0. The summed E-state index contributed by atoms with van der Waals surface area (Å²) in [5.41, 5.74) is 0. The van der Waals surface area contributed by atoms with E-state index in [1.807, 2.05) is 0 Å². The predicted octanol–water partition coefficient (Wildman–Crippen LogP) is 1.89. The molecule has 1 heterocycles. The lowest BCUT2D eigenvalue weighted by Crippen LogP contribution is -2.34. The van der Waals surface area contributed by atoms with E-state index in [1.54, 1.807) is 0 Å². The van der Waals surface area contributed by atoms with Crippen molar-refractivity contribution in [1.82, 2.24) is 10.2 Å². The first-order valence-corrected chi connectivity index (χ1v) is 7.78. The number of nitrogens with one attached hydrogen (secondary N) is 1. The topological polar surface area (TPSA) is 33.7 Å². The Bertz CT molecular complexity index is 224. The van der Waals surface area contributed by atoms with E-state index in [-0.39, 0.29) is 0 Å². The Morgan fingerprint density at radius 3 is 2.74 bits per heavy atom. The molecule has 114 valence electrons. The molecule has 0 spiro atoms. The Labute approximate surface area is 118 Å². The van der Waals surface area contributed by atoms with E-state index in [0.29, 0.717) is 18.3 Å². The minimum Gasteiger partial charge on any atom is -0.377 e. The molecule has 1 saturated heterocycles. The van der Waals surface area contributed by atoms with E-state index in [4.69, 9.17) is 9.47 Å². The van der Waals surface area contributed by atoms with Crippen LogP contribution in [0, 0.1) is 0 Å². The molecule has 4 nitrogen and oxygen atoms in total. The highest BCUT2D eigenvalue weighted by molar-refractivity contribution is 4.77. The lowest BCUT2D eigenvalue weighted by atomic mass is 10.2. The van der Waals surface area contributed by atoms with Crippen molar-refractivity contribution >= 4 is 0 Å². The van der Waals surface area contributed by atoms with Gasteiger partial charge in [-0.2, -0.15) is 0 Å². The second-order valence-corrected chi connectivity index (χ2v) is 5.84. The van der Waals surface area contributed by atoms with Crippen LogP contribution in [0.5, 0.6) is 0 Å². The van der Waals surface area contributed by atoms with Gasteiger partial charge in [-0.3, -0.25) is 0 Å². The summed E-state index contributed by atoms with van der Waals surface area (Å²) >= 11 is 0. The van der Waals surface area contributed by atoms with Gasteiger partial charge in [-0.1, -0.05) is 6.92 Å². The van der Waals surface area contributed by atoms with Crippen LogP contribution in [-0.2, 0) is 9.47 Å². The average Bonchev–Trinajstić information content (AvgIpc) is 2.76. The molecule has 0 saturated carbocycles. The van der Waals surface area contributed by atoms with Gasteiger partial charge in [0.25, 0.3) is 0 Å². The maximum Gasteiger partial charge on any atom is 0.0707 e. The zero-order valence-electron chi connectivity index (χ0n) is 13.2. The number of nitrogens with zero attached hydrogens (tertiary/aromatic N) is 1. The Kier molecular flexibility index (Phi) is 8.62. The minimum absolute atomic E-state index is 0.324. The van der Waals surface area contributed by atoms with Crippen molar-refractivity contribution in [3.8, 4) is 0 Å². The summed E-state index contributed by atoms with van der Waals surface area (Å²) in [5.74, 6) is 0. The maximum atomic E-state index is 6.06. The number of rotatable bonds is 10. The first-order valence-electron chi connectivity index (χ1n) is 7.78. The Morgan fingerprint density at radius 1 is 1.32 bits per heavy atom. The molecular weight excluding hydrogens is 240 g/mol. The van der Waals surface area contributed by atoms with E-state index in [0.717, 1.165) is 32.8 Å². The number of hydrogen-bond acceptors (Lipinski definition) is 4. The smallest absolute Gasteiger partial charge is 0.0707 e. The summed E-state index contributed by atoms with van der Waals surface area (Å²) in [6.07, 6.45) is 4.71. The fraction of sp³-hybridized carbons (Fsp3) is 1.00. The van der Waals surface area contributed by atoms with E-state index < -0.39 is 0 Å². The van der Waals surface area contributed by atoms with Crippen molar-refractivity contribution in [1.29, 1.82) is 0 Å². The van der Waals surface area contributed by atoms with Crippen molar-refractivity contribution in [2.75, 3.05) is 39.8 Å². The second-order valence-electron chi connectivity index (χ2n) is 5.84. The first-order chi connectivity index (χ1) is 9.11. The third-order valence-corrected chi connectivity index (χ3v) is 3.43. The van der Waals surface area contributed by atoms with Crippen LogP contribution >= 0.6 is 0 Å². The molecule has 1 aliphatic rings. The molecule has 4 heteroatoms. The van der Waals surface area contributed by atoms with Gasteiger partial charge < -0.3 is 19.7 Å². The third-order valence-electron chi connectivity index (χ3n) is 3.43. The van der Waals surface area contributed by atoms with Crippen LogP contribution in [-0.4, -0.2) is 63.0 Å². The molecule has 0 aliphatic carbocycles. The van der Waals surface area contributed by atoms with Crippen LogP contribution < -0.4 is 5.32 Å². The highest BCUT2D eigenvalue weighted by atomic mass is 16.5. The first kappa shape index (κ1) is 16.9. The van der Waals surface area contributed by atoms with Crippen LogP contribution in [0.1, 0.15) is 40.0 Å². The molecule has 0 amide bonds. The fourth-order valence-electron chi connectivity index (χ4n) is 2.39. The van der Waals surface area contributed by atoms with Gasteiger partial charge in [0.1, 0.15) is 0 Å². The monoisotopic (exact) mass is 272 g/mol. The molecule has 0 radical (unpaired) electrons. The molecule has 19 heavy (non-hydrogen) atoms. The number of ether oxygens (including phenoxy) is 2. The van der Waals surface area contributed by atoms with Gasteiger partial charge in [0, 0.05) is 19.6 Å². The van der Waals surface area contributed by atoms with E-state index >= 15 is 0 Å². The predicted molar refractivity (Wildman–Crippen MR) is 79.6 cm³/mol. The minimum atomic E-state index is 0.324. The Morgan fingerprint density at radius 2 is 2.05 bits per heavy atom. The molecule has 1 fully saturated rings. The second kappa shape index (κ2) is 9.70. The summed E-state index contributed by atoms with van der Waals surface area (Å²) in [5, 5.41) is 3.44. The average molecular weight is 272 g/mol. The van der Waals surface area contributed by atoms with Crippen LogP contribution in [0.4, 0.5) is 0 Å². The molecule has 0 bridgehead atoms. The number of hydrogen-bond donors (Lipinski definition) is 1. The lowest BCUT2D eigenvalue weighted by Gasteiger charge is -2.22. The standard InChI is InChI=1S/C15H32N2O2/c1-5-8-16-11-14-6-7-15(19-14)12-17(4)9-10-18-13(2)3/h13-16H,5-12H2,1-4H3. The fourth-order valence-corrected chi connectivity index (χ4v) is 2.39. The van der Waals surface area contributed by atoms with Gasteiger partial charge in [-0.05, 0) is 46.7 Å². The van der Waals surface area contributed by atoms with Crippen molar-refractivity contribution in [3.05, 3.63) is 0 Å². The molecular formula is C15H32N2O2. The van der Waals surface area contributed by atoms with Gasteiger partial charge in [0.05, 0.1) is 24.9 Å². The molecule has 2 atom stereocenters. The summed E-state index contributed by atoms with van der Waals surface area (Å²) in [4.78, 5) is 2.31. The molecule has 2 unspecified atom stereocenters. The van der Waals surface area contributed by atoms with Crippen LogP contribution in [0.3, 0.4) is 0 Å². The van der Waals surface area contributed by atoms with Crippen LogP contribution in [0.2, 0.25) is 0 Å². The van der Waals surface area contributed by atoms with E-state index in [1.165, 1.54) is 19.3 Å². The highest BCUT2D eigenvalue weighted by Crippen LogP contribution is 2.19. The Balaban J connectivity index is 2.06. The van der Waals surface area contributed by atoms with E-state index in [2.05, 4.69) is 38.0 Å². The largest absolute Gasteiger partial charge is 0.377 e. The molecule has 0 aromatic rings. The van der Waals surface area contributed by atoms with Gasteiger partial charge in [0.2, 0.25) is 0 Å². The van der Waals surface area contributed by atoms with Crippen LogP contribution in [0.15, 0.2) is 0 Å². The van der Waals surface area contributed by atoms with Crippen molar-refractivity contribution in [3.63, 3.8) is 0 Å². The van der Waals surface area contributed by atoms with E-state index in [9.17, 15) is 0 Å². The van der Waals surface area contributed by atoms with Gasteiger partial charge >= 0.3 is 0 Å². The lowest BCUT2D eigenvalue weighted by molar-refractivity contribution is 0.0167. The van der Waals surface area contributed by atoms with Crippen molar-refractivity contribution < 1.29 is 9.47 Å². The summed E-state index contributed by atoms with van der Waals surface area (Å²) in [6.45, 7) is 11.3. The molecule has 1 aliphatic heterocycles. The quantitative estimate of drug-likeness (QED) is 0.616. The van der Waals surface area contributed by atoms with Crippen molar-refractivity contribution in [2.45, 2.75) is 58.3 Å². The van der Waals surface area contributed by atoms with Gasteiger partial charge in [0.15, 0.2) is 0 Å². The van der Waals surface area contributed by atoms with Gasteiger partial charge in [-0.25, -0.2) is 0 Å². The number of likely N-dealkylation sites (N-methyl/N-ethyl adjacent to an activating group) is 1. The van der Waals surface area contributed by atoms with Crippen LogP contribution in [0.25, 0.3) is 0 Å². The summed E-state index contributed by atoms with van der Waals surface area (Å²) in [7, 11) is 2.15. The molecule has 1 N–H and O–H groups in total. The van der Waals surface area contributed by atoms with Gasteiger partial charge in [-0.15, -0.1) is 0 Å². The zero-order chi connectivity index (χ0) is 14.1. The Hall–Kier alpha value is -0.160. The third kappa shape index (κ3) is 7.88. The van der Waals surface area contributed by atoms with Crippen molar-refractivity contribution in [2.24, 2.45) is 0 Å². The molecule has 1 rings (SSSR count). The maximum absolute atomic E-state index is 6.06. The highest BCUT2D eigenvalue weighted by Gasteiger charge is 2.25. The SMILES string of the molecule is CCCNCC1CCC(CN(C)CCOC(C)C)O1. The molecule has 0 aromatic carbocycles. The molecule has 0 aromatic heterocycles. The zero-order valence-corrected chi connectivity index (χ0v) is 13.2.